The van der Waals surface area contributed by atoms with Crippen LogP contribution in [0, 0.1) is 0 Å². The second kappa shape index (κ2) is 13.0. The Morgan fingerprint density at radius 3 is 1.31 bits per heavy atom. The van der Waals surface area contributed by atoms with Crippen LogP contribution in [0.5, 0.6) is 0 Å². The van der Waals surface area contributed by atoms with Crippen LogP contribution in [0.1, 0.15) is 25.7 Å². The molecule has 0 aromatic carbocycles. The Hall–Kier alpha value is 1.59. The zero-order valence-electron chi connectivity index (χ0n) is 9.32. The average molecular weight is 336 g/mol. The summed E-state index contributed by atoms with van der Waals surface area (Å²) in [4.78, 5) is -0.346. The van der Waals surface area contributed by atoms with Gasteiger partial charge in [-0.2, -0.15) is 0 Å². The molecular formula is C10H18Cl4Si2. The van der Waals surface area contributed by atoms with Crippen molar-refractivity contribution in [3.05, 3.63) is 0 Å². The smallest absolute Gasteiger partial charge is 0.105 e. The first-order valence-electron chi connectivity index (χ1n) is 5.60. The van der Waals surface area contributed by atoms with Gasteiger partial charge in [-0.25, -0.2) is 0 Å². The van der Waals surface area contributed by atoms with Crippen LogP contribution in [0.3, 0.4) is 0 Å². The molecule has 0 rings (SSSR count). The molecule has 0 bridgehead atoms. The van der Waals surface area contributed by atoms with E-state index in [1.165, 1.54) is 37.0 Å². The van der Waals surface area contributed by atoms with Gasteiger partial charge in [0, 0.05) is 19.0 Å². The lowest BCUT2D eigenvalue weighted by atomic mass is 10.4. The van der Waals surface area contributed by atoms with Gasteiger partial charge in [0.25, 0.3) is 0 Å². The van der Waals surface area contributed by atoms with E-state index in [-0.39, 0.29) is 9.67 Å². The first-order chi connectivity index (χ1) is 7.63. The average Bonchev–Trinajstić information content (AvgIpc) is 2.20. The molecule has 0 aromatic rings. The van der Waals surface area contributed by atoms with Crippen LogP contribution in [-0.4, -0.2) is 28.7 Å². The Labute approximate surface area is 124 Å². The normalized spacial score (nSPS) is 11.6. The molecule has 0 atom stereocenters. The SMILES string of the molecule is ClC(Cl)CC[Si]CCCC[Si]CCC(Cl)Cl. The van der Waals surface area contributed by atoms with Crippen molar-refractivity contribution in [3.63, 3.8) is 0 Å². The van der Waals surface area contributed by atoms with Gasteiger partial charge in [-0.1, -0.05) is 37.0 Å². The van der Waals surface area contributed by atoms with Crippen LogP contribution in [0.4, 0.5) is 0 Å². The molecular weight excluding hydrogens is 318 g/mol. The highest BCUT2D eigenvalue weighted by atomic mass is 35.5. The van der Waals surface area contributed by atoms with Crippen LogP contribution in [-0.2, 0) is 0 Å². The summed E-state index contributed by atoms with van der Waals surface area (Å²) in [7, 11) is 2.05. The molecule has 0 saturated carbocycles. The second-order valence-corrected chi connectivity index (χ2v) is 9.12. The van der Waals surface area contributed by atoms with E-state index in [9.17, 15) is 0 Å². The third kappa shape index (κ3) is 15.6. The number of halogens is 4. The van der Waals surface area contributed by atoms with Gasteiger partial charge in [0.1, 0.15) is 9.67 Å². The molecule has 0 nitrogen and oxygen atoms in total. The maximum atomic E-state index is 5.65. The van der Waals surface area contributed by atoms with Gasteiger partial charge in [-0.3, -0.25) is 0 Å². The molecule has 0 N–H and O–H groups in total. The maximum absolute atomic E-state index is 5.65. The molecule has 0 heterocycles. The van der Waals surface area contributed by atoms with Gasteiger partial charge in [-0.15, -0.1) is 46.4 Å². The number of unbranched alkanes of at least 4 members (excludes halogenated alkanes) is 1. The van der Waals surface area contributed by atoms with Crippen LogP contribution < -0.4 is 0 Å². The molecule has 0 unspecified atom stereocenters. The van der Waals surface area contributed by atoms with E-state index in [1.807, 2.05) is 0 Å². The Bertz CT molecular complexity index is 129. The minimum Gasteiger partial charge on any atom is -0.105 e. The molecule has 0 amide bonds. The molecule has 6 heteroatoms. The summed E-state index contributed by atoms with van der Waals surface area (Å²) in [6, 6.07) is 5.03. The summed E-state index contributed by atoms with van der Waals surface area (Å²) in [6.45, 7) is 0. The lowest BCUT2D eigenvalue weighted by Gasteiger charge is -2.02. The van der Waals surface area contributed by atoms with Crippen LogP contribution in [0.25, 0.3) is 0 Å². The van der Waals surface area contributed by atoms with Gasteiger partial charge in [0.15, 0.2) is 0 Å². The van der Waals surface area contributed by atoms with E-state index < -0.39 is 0 Å². The number of alkyl halides is 4. The predicted octanol–water partition coefficient (Wildman–Crippen LogP) is 5.24. The standard InChI is InChI=1S/C10H18Cl4Si2/c11-9(12)3-7-15-5-1-2-6-16-8-4-10(13)14/h9-10H,1-8H2. The van der Waals surface area contributed by atoms with Gasteiger partial charge >= 0.3 is 0 Å². The highest BCUT2D eigenvalue weighted by molar-refractivity contribution is 6.45. The molecule has 0 aliphatic carbocycles. The summed E-state index contributed by atoms with van der Waals surface area (Å²) in [5.41, 5.74) is 0. The van der Waals surface area contributed by atoms with Gasteiger partial charge in [0.2, 0.25) is 0 Å². The van der Waals surface area contributed by atoms with Crippen molar-refractivity contribution in [2.24, 2.45) is 0 Å². The Morgan fingerprint density at radius 2 is 1.00 bits per heavy atom. The van der Waals surface area contributed by atoms with E-state index in [2.05, 4.69) is 0 Å². The van der Waals surface area contributed by atoms with Gasteiger partial charge in [0.05, 0.1) is 0 Å². The summed E-state index contributed by atoms with van der Waals surface area (Å²) < 4.78 is 0. The van der Waals surface area contributed by atoms with E-state index in [4.69, 9.17) is 46.4 Å². The third-order valence-electron chi connectivity index (χ3n) is 2.04. The molecule has 0 aliphatic rings. The second-order valence-electron chi connectivity index (χ2n) is 3.57. The van der Waals surface area contributed by atoms with Crippen LogP contribution in [0.2, 0.25) is 24.2 Å². The van der Waals surface area contributed by atoms with Gasteiger partial charge in [-0.05, 0) is 12.8 Å². The predicted molar refractivity (Wildman–Crippen MR) is 80.2 cm³/mol. The van der Waals surface area contributed by atoms with Crippen LogP contribution >= 0.6 is 46.4 Å². The van der Waals surface area contributed by atoms with E-state index in [0.29, 0.717) is 0 Å². The lowest BCUT2D eigenvalue weighted by Crippen LogP contribution is -1.96. The molecule has 94 valence electrons. The van der Waals surface area contributed by atoms with Gasteiger partial charge < -0.3 is 0 Å². The summed E-state index contributed by atoms with van der Waals surface area (Å²) in [5.74, 6) is 0. The fourth-order valence-electron chi connectivity index (χ4n) is 1.17. The Balaban J connectivity index is 2.93. The quantitative estimate of drug-likeness (QED) is 0.275. The Kier molecular flexibility index (Phi) is 14.3. The van der Waals surface area contributed by atoms with Crippen LogP contribution in [0.15, 0.2) is 0 Å². The fourth-order valence-corrected chi connectivity index (χ4v) is 4.83. The van der Waals surface area contributed by atoms with Crippen molar-refractivity contribution in [2.75, 3.05) is 0 Å². The molecule has 0 fully saturated rings. The highest BCUT2D eigenvalue weighted by Crippen LogP contribution is 2.12. The van der Waals surface area contributed by atoms with Crippen molar-refractivity contribution in [3.8, 4) is 0 Å². The minimum atomic E-state index is -0.173. The topological polar surface area (TPSA) is 0 Å². The molecule has 0 aromatic heterocycles. The molecule has 0 aliphatic heterocycles. The monoisotopic (exact) mass is 334 g/mol. The number of hydrogen-bond acceptors (Lipinski definition) is 0. The molecule has 0 saturated heterocycles. The summed E-state index contributed by atoms with van der Waals surface area (Å²) >= 11 is 22.6. The van der Waals surface area contributed by atoms with Crippen molar-refractivity contribution in [2.45, 2.75) is 59.5 Å². The zero-order valence-corrected chi connectivity index (χ0v) is 14.3. The number of hydrogen-bond donors (Lipinski definition) is 0. The van der Waals surface area contributed by atoms with Crippen molar-refractivity contribution in [1.82, 2.24) is 0 Å². The van der Waals surface area contributed by atoms with E-state index in [1.54, 1.807) is 0 Å². The highest BCUT2D eigenvalue weighted by Gasteiger charge is 2.00. The van der Waals surface area contributed by atoms with E-state index >= 15 is 0 Å². The first-order valence-corrected chi connectivity index (χ1v) is 10.2. The molecule has 0 spiro atoms. The lowest BCUT2D eigenvalue weighted by molar-refractivity contribution is 0.861. The fraction of sp³-hybridized carbons (Fsp3) is 1.00. The number of rotatable bonds is 11. The molecule has 16 heavy (non-hydrogen) atoms. The largest absolute Gasteiger partial charge is 0.107 e. The van der Waals surface area contributed by atoms with Crippen molar-refractivity contribution < 1.29 is 0 Å². The molecule has 4 radical (unpaired) electrons. The van der Waals surface area contributed by atoms with E-state index in [0.717, 1.165) is 31.9 Å². The Morgan fingerprint density at radius 1 is 0.625 bits per heavy atom. The maximum Gasteiger partial charge on any atom is 0.107 e. The summed E-state index contributed by atoms with van der Waals surface area (Å²) in [5, 5.41) is 0. The van der Waals surface area contributed by atoms with Crippen molar-refractivity contribution in [1.29, 1.82) is 0 Å². The van der Waals surface area contributed by atoms with Crippen molar-refractivity contribution >= 4 is 65.4 Å². The third-order valence-corrected chi connectivity index (χ3v) is 5.61. The minimum absolute atomic E-state index is 0.173. The summed E-state index contributed by atoms with van der Waals surface area (Å²) in [6.07, 6.45) is 4.56. The first kappa shape index (κ1) is 17.6. The zero-order chi connectivity index (χ0) is 12.2.